The standard InChI is InChI=1S/C18H19N5O3S/c1-18(12-7-8-12)15(25)23(17(26)20-18)10-13(24)19-16-22-21-14(27-16)9-11-5-3-2-4-6-11/h2-6,12H,7-10H2,1H3,(H,20,26)(H,19,22,24). The monoisotopic (exact) mass is 385 g/mol. The Kier molecular flexibility index (Phi) is 4.39. The first-order valence-electron chi connectivity index (χ1n) is 8.76. The molecule has 1 atom stereocenters. The number of nitrogens with one attached hydrogen (secondary N) is 2. The molecular formula is C18H19N5O3S. The molecule has 0 spiro atoms. The Balaban J connectivity index is 1.36. The second-order valence-corrected chi connectivity index (χ2v) is 8.07. The normalized spacial score (nSPS) is 22.0. The van der Waals surface area contributed by atoms with E-state index in [1.165, 1.54) is 11.3 Å². The number of aromatic nitrogens is 2. The largest absolute Gasteiger partial charge is 0.325 e. The molecule has 2 heterocycles. The van der Waals surface area contributed by atoms with E-state index in [0.717, 1.165) is 28.3 Å². The highest BCUT2D eigenvalue weighted by Gasteiger charge is 2.56. The van der Waals surface area contributed by atoms with E-state index < -0.39 is 17.5 Å². The minimum absolute atomic E-state index is 0.158. The number of rotatable bonds is 6. The maximum atomic E-state index is 12.6. The molecule has 1 aliphatic heterocycles. The maximum Gasteiger partial charge on any atom is 0.325 e. The molecule has 0 bridgehead atoms. The smallest absolute Gasteiger partial charge is 0.323 e. The van der Waals surface area contributed by atoms with Crippen LogP contribution in [0, 0.1) is 5.92 Å². The van der Waals surface area contributed by atoms with Gasteiger partial charge in [0.1, 0.15) is 17.1 Å². The van der Waals surface area contributed by atoms with Crippen LogP contribution in [0.15, 0.2) is 30.3 Å². The number of hydrogen-bond acceptors (Lipinski definition) is 6. The molecule has 2 aliphatic rings. The third-order valence-corrected chi connectivity index (χ3v) is 5.75. The van der Waals surface area contributed by atoms with E-state index in [4.69, 9.17) is 0 Å². The van der Waals surface area contributed by atoms with Gasteiger partial charge in [-0.1, -0.05) is 41.7 Å². The van der Waals surface area contributed by atoms with Crippen LogP contribution in [-0.4, -0.2) is 45.0 Å². The van der Waals surface area contributed by atoms with Crippen molar-refractivity contribution in [3.8, 4) is 0 Å². The third kappa shape index (κ3) is 3.55. The molecule has 1 aromatic heterocycles. The van der Waals surface area contributed by atoms with Crippen LogP contribution in [0.1, 0.15) is 30.3 Å². The van der Waals surface area contributed by atoms with Gasteiger partial charge in [-0.2, -0.15) is 0 Å². The summed E-state index contributed by atoms with van der Waals surface area (Å²) in [6.07, 6.45) is 2.45. The summed E-state index contributed by atoms with van der Waals surface area (Å²) in [6, 6.07) is 9.31. The van der Waals surface area contributed by atoms with Crippen LogP contribution in [0.4, 0.5) is 9.93 Å². The molecule has 9 heteroatoms. The second-order valence-electron chi connectivity index (χ2n) is 7.01. The highest BCUT2D eigenvalue weighted by Crippen LogP contribution is 2.42. The van der Waals surface area contributed by atoms with E-state index in [2.05, 4.69) is 20.8 Å². The highest BCUT2D eigenvalue weighted by atomic mass is 32.1. The van der Waals surface area contributed by atoms with Crippen molar-refractivity contribution in [2.24, 2.45) is 5.92 Å². The molecule has 2 fully saturated rings. The van der Waals surface area contributed by atoms with Gasteiger partial charge in [0.15, 0.2) is 0 Å². The third-order valence-electron chi connectivity index (χ3n) is 4.91. The highest BCUT2D eigenvalue weighted by molar-refractivity contribution is 7.15. The molecule has 1 unspecified atom stereocenters. The van der Waals surface area contributed by atoms with E-state index in [1.54, 1.807) is 6.92 Å². The molecule has 1 saturated carbocycles. The molecule has 140 valence electrons. The Morgan fingerprint density at radius 2 is 2.04 bits per heavy atom. The van der Waals surface area contributed by atoms with Gasteiger partial charge < -0.3 is 5.32 Å². The Morgan fingerprint density at radius 3 is 2.74 bits per heavy atom. The summed E-state index contributed by atoms with van der Waals surface area (Å²) in [7, 11) is 0. The van der Waals surface area contributed by atoms with Crippen molar-refractivity contribution in [3.05, 3.63) is 40.9 Å². The van der Waals surface area contributed by atoms with E-state index >= 15 is 0 Å². The number of carbonyl (C=O) groups is 3. The first-order valence-corrected chi connectivity index (χ1v) is 9.57. The predicted molar refractivity (Wildman–Crippen MR) is 99.2 cm³/mol. The number of hydrogen-bond donors (Lipinski definition) is 2. The summed E-state index contributed by atoms with van der Waals surface area (Å²) in [4.78, 5) is 37.9. The number of urea groups is 1. The van der Waals surface area contributed by atoms with Gasteiger partial charge in [-0.05, 0) is 31.2 Å². The zero-order chi connectivity index (χ0) is 19.0. The van der Waals surface area contributed by atoms with Crippen LogP contribution in [0.2, 0.25) is 0 Å². The molecule has 4 rings (SSSR count). The number of nitrogens with zero attached hydrogens (tertiary/aromatic N) is 3. The average Bonchev–Trinajstić information content (AvgIpc) is 3.38. The Hall–Kier alpha value is -2.81. The van der Waals surface area contributed by atoms with Crippen LogP contribution in [0.5, 0.6) is 0 Å². The topological polar surface area (TPSA) is 104 Å². The number of benzene rings is 1. The fourth-order valence-electron chi connectivity index (χ4n) is 3.25. The average molecular weight is 385 g/mol. The van der Waals surface area contributed by atoms with Crippen molar-refractivity contribution in [1.29, 1.82) is 0 Å². The summed E-state index contributed by atoms with van der Waals surface area (Å²) < 4.78 is 0. The van der Waals surface area contributed by atoms with Crippen molar-refractivity contribution in [2.45, 2.75) is 31.7 Å². The lowest BCUT2D eigenvalue weighted by atomic mass is 9.96. The van der Waals surface area contributed by atoms with Crippen LogP contribution in [0.3, 0.4) is 0 Å². The summed E-state index contributed by atoms with van der Waals surface area (Å²) in [5.41, 5.74) is 0.216. The van der Waals surface area contributed by atoms with Gasteiger partial charge in [0, 0.05) is 6.42 Å². The maximum absolute atomic E-state index is 12.6. The van der Waals surface area contributed by atoms with Crippen molar-refractivity contribution in [2.75, 3.05) is 11.9 Å². The fourth-order valence-corrected chi connectivity index (χ4v) is 4.04. The molecule has 8 nitrogen and oxygen atoms in total. The van der Waals surface area contributed by atoms with Crippen LogP contribution in [-0.2, 0) is 16.0 Å². The Morgan fingerprint density at radius 1 is 1.30 bits per heavy atom. The molecule has 27 heavy (non-hydrogen) atoms. The van der Waals surface area contributed by atoms with Crippen molar-refractivity contribution in [3.63, 3.8) is 0 Å². The van der Waals surface area contributed by atoms with E-state index in [1.807, 2.05) is 30.3 Å². The molecule has 1 aliphatic carbocycles. The van der Waals surface area contributed by atoms with E-state index in [-0.39, 0.29) is 18.4 Å². The van der Waals surface area contributed by atoms with Crippen LogP contribution < -0.4 is 10.6 Å². The zero-order valence-corrected chi connectivity index (χ0v) is 15.6. The lowest BCUT2D eigenvalue weighted by Crippen LogP contribution is -2.46. The molecule has 2 N–H and O–H groups in total. The van der Waals surface area contributed by atoms with Crippen LogP contribution >= 0.6 is 11.3 Å². The molecule has 2 aromatic rings. The number of anilines is 1. The van der Waals surface area contributed by atoms with Gasteiger partial charge in [-0.25, -0.2) is 4.79 Å². The Bertz CT molecular complexity index is 895. The fraction of sp³-hybridized carbons (Fsp3) is 0.389. The van der Waals surface area contributed by atoms with Crippen molar-refractivity contribution < 1.29 is 14.4 Å². The Labute approximate surface area is 160 Å². The molecule has 0 radical (unpaired) electrons. The van der Waals surface area contributed by atoms with Crippen LogP contribution in [0.25, 0.3) is 0 Å². The zero-order valence-electron chi connectivity index (χ0n) is 14.8. The minimum atomic E-state index is -0.886. The first-order chi connectivity index (χ1) is 13.0. The van der Waals surface area contributed by atoms with E-state index in [0.29, 0.717) is 11.6 Å². The van der Waals surface area contributed by atoms with Gasteiger partial charge in [-0.3, -0.25) is 19.8 Å². The minimum Gasteiger partial charge on any atom is -0.323 e. The summed E-state index contributed by atoms with van der Waals surface area (Å²) >= 11 is 1.27. The van der Waals surface area contributed by atoms with Crippen molar-refractivity contribution in [1.82, 2.24) is 20.4 Å². The van der Waals surface area contributed by atoms with Gasteiger partial charge >= 0.3 is 6.03 Å². The number of carbonyl (C=O) groups excluding carboxylic acids is 3. The lowest BCUT2D eigenvalue weighted by molar-refractivity contribution is -0.134. The number of amides is 4. The second kappa shape index (κ2) is 6.73. The predicted octanol–water partition coefficient (Wildman–Crippen LogP) is 1.79. The molecule has 1 aromatic carbocycles. The van der Waals surface area contributed by atoms with E-state index in [9.17, 15) is 14.4 Å². The molecule has 1 saturated heterocycles. The van der Waals surface area contributed by atoms with Gasteiger partial charge in [-0.15, -0.1) is 10.2 Å². The van der Waals surface area contributed by atoms with Gasteiger partial charge in [0.25, 0.3) is 5.91 Å². The molecular weight excluding hydrogens is 366 g/mol. The summed E-state index contributed by atoms with van der Waals surface area (Å²) in [5, 5.41) is 14.5. The quantitative estimate of drug-likeness (QED) is 0.738. The summed E-state index contributed by atoms with van der Waals surface area (Å²) in [6.45, 7) is 1.39. The first kappa shape index (κ1) is 17.6. The molecule has 4 amide bonds. The number of imide groups is 1. The van der Waals surface area contributed by atoms with Gasteiger partial charge in [0.05, 0.1) is 0 Å². The summed E-state index contributed by atoms with van der Waals surface area (Å²) in [5.74, 6) is -0.654. The van der Waals surface area contributed by atoms with Gasteiger partial charge in [0.2, 0.25) is 11.0 Å². The van der Waals surface area contributed by atoms with Crippen molar-refractivity contribution >= 4 is 34.3 Å². The SMILES string of the molecule is CC1(C2CC2)NC(=O)N(CC(=O)Nc2nnc(Cc3ccccc3)s2)C1=O. The lowest BCUT2D eigenvalue weighted by Gasteiger charge is -2.20.